The van der Waals surface area contributed by atoms with E-state index in [1.165, 1.54) is 17.8 Å². The fourth-order valence-electron chi connectivity index (χ4n) is 4.03. The zero-order valence-corrected chi connectivity index (χ0v) is 14.9. The second-order valence-corrected chi connectivity index (χ2v) is 7.00. The number of aryl methyl sites for hydroxylation is 1. The minimum atomic E-state index is -0.994. The number of methoxy groups -OCH3 is 1. The molecule has 130 valence electrons. The van der Waals surface area contributed by atoms with Crippen LogP contribution >= 0.6 is 0 Å². The molecule has 0 aromatic heterocycles. The lowest BCUT2D eigenvalue weighted by Crippen LogP contribution is -2.41. The van der Waals surface area contributed by atoms with Gasteiger partial charge in [-0.3, -0.25) is 0 Å². The van der Waals surface area contributed by atoms with Crippen molar-refractivity contribution in [1.82, 2.24) is 0 Å². The lowest BCUT2D eigenvalue weighted by Gasteiger charge is -2.24. The summed E-state index contributed by atoms with van der Waals surface area (Å²) in [6.45, 7) is 3.55. The normalized spacial score (nSPS) is 22.9. The summed E-state index contributed by atoms with van der Waals surface area (Å²) in [4.78, 5) is 2.29. The van der Waals surface area contributed by atoms with Gasteiger partial charge in [-0.15, -0.1) is 0 Å². The van der Waals surface area contributed by atoms with Crippen molar-refractivity contribution in [2.24, 2.45) is 0 Å². The third-order valence-corrected chi connectivity index (χ3v) is 5.35. The Bertz CT molecular complexity index is 813. The molecule has 1 N–H and O–H groups in total. The van der Waals surface area contributed by atoms with E-state index in [4.69, 9.17) is 4.74 Å². The van der Waals surface area contributed by atoms with Gasteiger partial charge >= 0.3 is 0 Å². The van der Waals surface area contributed by atoms with Gasteiger partial charge < -0.3 is 9.84 Å². The topological polar surface area (TPSA) is 35.7 Å². The van der Waals surface area contributed by atoms with Crippen LogP contribution in [-0.4, -0.2) is 35.7 Å². The maximum atomic E-state index is 11.6. The van der Waals surface area contributed by atoms with Crippen molar-refractivity contribution < 1.29 is 14.4 Å². The first-order valence-electron chi connectivity index (χ1n) is 8.96. The Hall–Kier alpha value is -2.33. The van der Waals surface area contributed by atoms with Crippen molar-refractivity contribution in [3.05, 3.63) is 59.7 Å². The van der Waals surface area contributed by atoms with Crippen LogP contribution < -0.4 is 9.64 Å². The highest BCUT2D eigenvalue weighted by molar-refractivity contribution is 5.96. The first-order chi connectivity index (χ1) is 12.1. The minimum Gasteiger partial charge on any atom is -0.497 e. The van der Waals surface area contributed by atoms with E-state index >= 15 is 0 Å². The maximum Gasteiger partial charge on any atom is 0.271 e. The summed E-state index contributed by atoms with van der Waals surface area (Å²) in [5.41, 5.74) is 2.32. The summed E-state index contributed by atoms with van der Waals surface area (Å²) in [5, 5.41) is 11.6. The number of β-amino-alcohol motifs (C(OH)–C–C–N with tert-alkyl or cyclic N) is 1. The number of ether oxygens (including phenoxy) is 1. The maximum absolute atomic E-state index is 11.6. The number of amidine groups is 1. The fourth-order valence-corrected chi connectivity index (χ4v) is 4.03. The molecule has 0 saturated heterocycles. The molecule has 25 heavy (non-hydrogen) atoms. The summed E-state index contributed by atoms with van der Waals surface area (Å²) < 4.78 is 7.46. The zero-order chi connectivity index (χ0) is 17.4. The highest BCUT2D eigenvalue weighted by Crippen LogP contribution is 2.36. The number of benzene rings is 2. The van der Waals surface area contributed by atoms with E-state index in [0.29, 0.717) is 6.54 Å². The predicted octanol–water partition coefficient (Wildman–Crippen LogP) is 3.26. The monoisotopic (exact) mass is 337 g/mol. The van der Waals surface area contributed by atoms with Crippen molar-refractivity contribution >= 4 is 11.5 Å². The average molecular weight is 337 g/mol. The summed E-state index contributed by atoms with van der Waals surface area (Å²) in [7, 11) is 1.66. The Balaban J connectivity index is 1.77. The van der Waals surface area contributed by atoms with Crippen LogP contribution in [0.25, 0.3) is 0 Å². The van der Waals surface area contributed by atoms with Crippen molar-refractivity contribution in [3.63, 3.8) is 0 Å². The molecule has 0 fully saturated rings. The highest BCUT2D eigenvalue weighted by Gasteiger charge is 2.52. The Morgan fingerprint density at radius 3 is 2.64 bits per heavy atom. The smallest absolute Gasteiger partial charge is 0.271 e. The van der Waals surface area contributed by atoms with Gasteiger partial charge in [0.05, 0.1) is 13.7 Å². The van der Waals surface area contributed by atoms with Gasteiger partial charge in [0.15, 0.2) is 6.54 Å². The van der Waals surface area contributed by atoms with Gasteiger partial charge in [-0.2, -0.15) is 0 Å². The van der Waals surface area contributed by atoms with E-state index < -0.39 is 5.72 Å². The Morgan fingerprint density at radius 1 is 1.12 bits per heavy atom. The Morgan fingerprint density at radius 2 is 1.92 bits per heavy atom. The predicted molar refractivity (Wildman–Crippen MR) is 99.4 cm³/mol. The van der Waals surface area contributed by atoms with E-state index in [9.17, 15) is 5.11 Å². The van der Waals surface area contributed by atoms with E-state index in [1.54, 1.807) is 7.11 Å². The molecule has 2 aliphatic heterocycles. The molecular formula is C21H25N2O2+. The molecule has 0 bridgehead atoms. The first-order valence-corrected chi connectivity index (χ1v) is 8.96. The summed E-state index contributed by atoms with van der Waals surface area (Å²) in [6.07, 6.45) is 3.29. The molecule has 2 aliphatic rings. The van der Waals surface area contributed by atoms with Crippen LogP contribution in [0, 0.1) is 6.92 Å². The van der Waals surface area contributed by atoms with Crippen LogP contribution in [0.15, 0.2) is 48.5 Å². The molecule has 4 nitrogen and oxygen atoms in total. The molecular weight excluding hydrogens is 312 g/mol. The SMILES string of the molecule is COc1ccc([C@]2(O)CN(c3cccc(C)c3)C3=[N+]2CCCC3)cc1. The molecule has 2 aromatic rings. The number of hydrogen-bond donors (Lipinski definition) is 1. The molecule has 0 unspecified atom stereocenters. The van der Waals surface area contributed by atoms with Gasteiger partial charge in [0.1, 0.15) is 11.4 Å². The summed E-state index contributed by atoms with van der Waals surface area (Å²) in [5.74, 6) is 2.04. The molecule has 1 atom stereocenters. The standard InChI is InChI=1S/C21H25N2O2/c1-16-6-5-7-18(14-16)22-15-21(24,23-13-4-3-8-20(22)23)17-9-11-19(25-2)12-10-17/h5-7,9-12,14,24H,3-4,8,13,15H2,1-2H3/q+1/t21-/m1/s1. The van der Waals surface area contributed by atoms with Crippen molar-refractivity contribution in [2.45, 2.75) is 31.9 Å². The number of hydrogen-bond acceptors (Lipinski definition) is 3. The second kappa shape index (κ2) is 6.19. The third kappa shape index (κ3) is 2.71. The fraction of sp³-hybridized carbons (Fsp3) is 0.381. The molecule has 0 saturated carbocycles. The van der Waals surface area contributed by atoms with E-state index in [0.717, 1.165) is 36.4 Å². The quantitative estimate of drug-likeness (QED) is 0.873. The van der Waals surface area contributed by atoms with Crippen LogP contribution in [0.5, 0.6) is 5.75 Å². The Kier molecular flexibility index (Phi) is 4.00. The van der Waals surface area contributed by atoms with Gasteiger partial charge in [-0.25, -0.2) is 9.48 Å². The van der Waals surface area contributed by atoms with Gasteiger partial charge in [-0.1, -0.05) is 12.1 Å². The van der Waals surface area contributed by atoms with Gasteiger partial charge in [0, 0.05) is 12.0 Å². The van der Waals surface area contributed by atoms with Crippen molar-refractivity contribution in [1.29, 1.82) is 0 Å². The van der Waals surface area contributed by atoms with Crippen molar-refractivity contribution in [2.75, 3.05) is 25.1 Å². The number of aliphatic hydroxyl groups is 1. The lowest BCUT2D eigenvalue weighted by molar-refractivity contribution is -0.661. The van der Waals surface area contributed by atoms with Crippen LogP contribution in [0.3, 0.4) is 0 Å². The average Bonchev–Trinajstić information content (AvgIpc) is 2.96. The molecule has 2 heterocycles. The molecule has 0 radical (unpaired) electrons. The number of nitrogens with zero attached hydrogens (tertiary/aromatic N) is 2. The van der Waals surface area contributed by atoms with Gasteiger partial charge in [0.2, 0.25) is 0 Å². The number of rotatable bonds is 3. The van der Waals surface area contributed by atoms with Crippen LogP contribution in [0.4, 0.5) is 5.69 Å². The van der Waals surface area contributed by atoms with E-state index in [1.807, 2.05) is 24.3 Å². The molecule has 2 aromatic carbocycles. The largest absolute Gasteiger partial charge is 0.497 e. The van der Waals surface area contributed by atoms with Crippen LogP contribution in [-0.2, 0) is 5.72 Å². The molecule has 0 aliphatic carbocycles. The highest BCUT2D eigenvalue weighted by atomic mass is 16.5. The summed E-state index contributed by atoms with van der Waals surface area (Å²) >= 11 is 0. The van der Waals surface area contributed by atoms with Crippen LogP contribution in [0.1, 0.15) is 30.4 Å². The second-order valence-electron chi connectivity index (χ2n) is 7.00. The third-order valence-electron chi connectivity index (χ3n) is 5.35. The van der Waals surface area contributed by atoms with Crippen molar-refractivity contribution in [3.8, 4) is 5.75 Å². The van der Waals surface area contributed by atoms with E-state index in [-0.39, 0.29) is 0 Å². The molecule has 4 rings (SSSR count). The Labute approximate surface area is 149 Å². The van der Waals surface area contributed by atoms with E-state index in [2.05, 4.69) is 40.7 Å². The molecule has 0 amide bonds. The van der Waals surface area contributed by atoms with Crippen LogP contribution in [0.2, 0.25) is 0 Å². The summed E-state index contributed by atoms with van der Waals surface area (Å²) in [6, 6.07) is 16.3. The minimum absolute atomic E-state index is 0.554. The number of anilines is 1. The zero-order valence-electron chi connectivity index (χ0n) is 14.9. The molecule has 4 heteroatoms. The van der Waals surface area contributed by atoms with Gasteiger partial charge in [-0.05, 0) is 61.7 Å². The lowest BCUT2D eigenvalue weighted by atomic mass is 10.0. The van der Waals surface area contributed by atoms with Gasteiger partial charge in [0.25, 0.3) is 11.6 Å². The molecule has 0 spiro atoms. The first kappa shape index (κ1) is 16.2.